The van der Waals surface area contributed by atoms with Crippen LogP contribution < -0.4 is 14.0 Å². The van der Waals surface area contributed by atoms with E-state index in [1.165, 1.54) is 0 Å². The fraction of sp³-hybridized carbons (Fsp3) is 0.391. The van der Waals surface area contributed by atoms with E-state index in [4.69, 9.17) is 18.5 Å². The van der Waals surface area contributed by atoms with E-state index in [1.54, 1.807) is 13.2 Å². The van der Waals surface area contributed by atoms with Gasteiger partial charge >= 0.3 is 15.6 Å². The molecule has 0 saturated heterocycles. The van der Waals surface area contributed by atoms with Crippen LogP contribution in [0.2, 0.25) is 0 Å². The molecule has 3 aliphatic rings. The van der Waals surface area contributed by atoms with Crippen LogP contribution in [-0.4, -0.2) is 52.5 Å². The molecule has 4 atom stereocenters. The highest BCUT2D eigenvalue weighted by Gasteiger charge is 2.54. The summed E-state index contributed by atoms with van der Waals surface area (Å²) >= 11 is 0. The first-order chi connectivity index (χ1) is 17.9. The summed E-state index contributed by atoms with van der Waals surface area (Å²) in [5.74, 6) is 1.02. The van der Waals surface area contributed by atoms with E-state index in [0.717, 1.165) is 54.9 Å². The summed E-state index contributed by atoms with van der Waals surface area (Å²) in [7, 11) is -6.64. The third kappa shape index (κ3) is 5.11. The minimum absolute atomic E-state index is 0.176. The number of phosphoric ester groups is 1. The number of nitrogens with zero attached hydrogens (tertiary/aromatic N) is 2. The monoisotopic (exact) mass is 568 g/mol. The number of benzene rings is 2. The van der Waals surface area contributed by atoms with Crippen molar-refractivity contribution in [3.63, 3.8) is 0 Å². The predicted octanol–water partition coefficient (Wildman–Crippen LogP) is 4.08. The van der Waals surface area contributed by atoms with Gasteiger partial charge in [0.15, 0.2) is 11.5 Å². The van der Waals surface area contributed by atoms with Gasteiger partial charge in [-0.3, -0.25) is 14.6 Å². The summed E-state index contributed by atoms with van der Waals surface area (Å²) in [5.41, 5.74) is 1.37. The molecule has 0 bridgehead atoms. The second kappa shape index (κ2) is 9.77. The second-order valence-corrected chi connectivity index (χ2v) is 12.3. The quantitative estimate of drug-likeness (QED) is 0.203. The molecule has 2 N–H and O–H groups in total. The molecular formula is C23H26N2O11P2. The number of rotatable bonds is 8. The van der Waals surface area contributed by atoms with Crippen LogP contribution in [-0.2, 0) is 29.9 Å². The third-order valence-corrected chi connectivity index (χ3v) is 9.48. The lowest BCUT2D eigenvalue weighted by Gasteiger charge is -2.37. The van der Waals surface area contributed by atoms with E-state index in [-0.39, 0.29) is 17.9 Å². The van der Waals surface area contributed by atoms with Gasteiger partial charge < -0.3 is 28.7 Å². The Morgan fingerprint density at radius 1 is 1.18 bits per heavy atom. The minimum Gasteiger partial charge on any atom is -0.493 e. The van der Waals surface area contributed by atoms with Crippen molar-refractivity contribution in [1.82, 2.24) is 4.90 Å². The van der Waals surface area contributed by atoms with E-state index >= 15 is 0 Å². The highest BCUT2D eigenvalue weighted by molar-refractivity contribution is 7.61. The fourth-order valence-corrected chi connectivity index (χ4v) is 7.50. The molecule has 2 aromatic carbocycles. The van der Waals surface area contributed by atoms with Crippen LogP contribution in [0, 0.1) is 10.1 Å². The highest BCUT2D eigenvalue weighted by Crippen LogP contribution is 2.63. The largest absolute Gasteiger partial charge is 0.539 e. The average Bonchev–Trinajstić information content (AvgIpc) is 3.09. The molecule has 0 radical (unpaired) electrons. The molecule has 0 amide bonds. The topological polar surface area (TPSA) is 167 Å². The lowest BCUT2D eigenvalue weighted by molar-refractivity contribution is -0.384. The molecule has 204 valence electrons. The summed E-state index contributed by atoms with van der Waals surface area (Å²) in [6.07, 6.45) is 3.10. The van der Waals surface area contributed by atoms with Crippen LogP contribution in [0.3, 0.4) is 0 Å². The maximum Gasteiger partial charge on any atom is 0.539 e. The fourth-order valence-electron chi connectivity index (χ4n) is 5.25. The predicted molar refractivity (Wildman–Crippen MR) is 133 cm³/mol. The van der Waals surface area contributed by atoms with Crippen LogP contribution in [0.4, 0.5) is 5.69 Å². The van der Waals surface area contributed by atoms with Crippen LogP contribution in [0.15, 0.2) is 48.6 Å². The van der Waals surface area contributed by atoms with Crippen molar-refractivity contribution in [2.24, 2.45) is 0 Å². The van der Waals surface area contributed by atoms with E-state index in [9.17, 15) is 29.0 Å². The van der Waals surface area contributed by atoms with Gasteiger partial charge in [-0.1, -0.05) is 18.2 Å². The maximum absolute atomic E-state index is 13.4. The molecule has 0 saturated carbocycles. The zero-order chi connectivity index (χ0) is 27.3. The van der Waals surface area contributed by atoms with Gasteiger partial charge in [-0.15, -0.1) is 0 Å². The molecule has 13 nitrogen and oxygen atoms in total. The van der Waals surface area contributed by atoms with Gasteiger partial charge in [0.05, 0.1) is 23.6 Å². The number of non-ortho nitro benzene ring substituents is 1. The normalized spacial score (nSPS) is 25.9. The molecule has 2 aromatic rings. The molecule has 2 unspecified atom stereocenters. The number of hydrogen-bond donors (Lipinski definition) is 2. The van der Waals surface area contributed by atoms with Crippen molar-refractivity contribution in [2.45, 2.75) is 37.0 Å². The SMILES string of the molecule is COc1ccc2c3c1O[C@@H]1CC(OP(=O)(Oc4ccc([N+](=O)[O-])cc4)OP(=O)(O)O)C=C[C@]31CCN(C)C2. The number of ether oxygens (including phenoxy) is 2. The smallest absolute Gasteiger partial charge is 0.493 e. The van der Waals surface area contributed by atoms with Crippen LogP contribution in [0.1, 0.15) is 24.0 Å². The Kier molecular flexibility index (Phi) is 6.90. The van der Waals surface area contributed by atoms with Gasteiger partial charge in [0.1, 0.15) is 11.9 Å². The summed E-state index contributed by atoms with van der Waals surface area (Å²) in [4.78, 5) is 31.2. The summed E-state index contributed by atoms with van der Waals surface area (Å²) in [5, 5.41) is 10.9. The van der Waals surface area contributed by atoms with Crippen molar-refractivity contribution < 1.29 is 46.7 Å². The first-order valence-electron chi connectivity index (χ1n) is 11.7. The Morgan fingerprint density at radius 2 is 1.92 bits per heavy atom. The highest BCUT2D eigenvalue weighted by atomic mass is 31.3. The number of methoxy groups -OCH3 is 1. The number of nitro benzene ring substituents is 1. The van der Waals surface area contributed by atoms with Gasteiger partial charge in [0, 0.05) is 30.7 Å². The van der Waals surface area contributed by atoms with Crippen molar-refractivity contribution >= 4 is 21.3 Å². The van der Waals surface area contributed by atoms with Crippen LogP contribution in [0.25, 0.3) is 0 Å². The Labute approximate surface area is 217 Å². The second-order valence-electron chi connectivity index (χ2n) is 9.37. The van der Waals surface area contributed by atoms with E-state index < -0.39 is 38.2 Å². The molecule has 15 heteroatoms. The molecule has 1 aliphatic carbocycles. The van der Waals surface area contributed by atoms with Crippen molar-refractivity contribution in [2.75, 3.05) is 20.7 Å². The Balaban J connectivity index is 1.44. The molecule has 0 fully saturated rings. The Bertz CT molecular complexity index is 1380. The summed E-state index contributed by atoms with van der Waals surface area (Å²) < 4.78 is 52.2. The molecule has 0 aromatic heterocycles. The number of nitro groups is 1. The average molecular weight is 568 g/mol. The van der Waals surface area contributed by atoms with Crippen LogP contribution >= 0.6 is 15.6 Å². The van der Waals surface area contributed by atoms with E-state index in [1.807, 2.05) is 25.3 Å². The molecule has 5 rings (SSSR count). The Hall–Kier alpha value is -2.76. The van der Waals surface area contributed by atoms with Gasteiger partial charge in [-0.25, -0.2) is 9.13 Å². The molecule has 2 heterocycles. The van der Waals surface area contributed by atoms with Crippen molar-refractivity contribution in [1.29, 1.82) is 0 Å². The standard InChI is InChI=1S/C23H26N2O11P2/c1-24-12-11-23-10-9-18(13-20(23)33-22-19(32-2)8-3-15(14-24)21(22)23)35-38(31,36-37(28,29)30)34-17-6-4-16(5-7-17)25(26)27/h3-10,18,20H,11-14H2,1-2H3,(H2,28,29,30)/t18?,20-,23-,38?/m1/s1. The summed E-state index contributed by atoms with van der Waals surface area (Å²) in [6.45, 7) is 1.52. The third-order valence-electron chi connectivity index (χ3n) is 6.87. The van der Waals surface area contributed by atoms with Gasteiger partial charge in [-0.05, 0) is 43.8 Å². The van der Waals surface area contributed by atoms with E-state index in [0.29, 0.717) is 11.5 Å². The van der Waals surface area contributed by atoms with Crippen LogP contribution in [0.5, 0.6) is 17.2 Å². The van der Waals surface area contributed by atoms with E-state index in [2.05, 4.69) is 9.21 Å². The van der Waals surface area contributed by atoms with Crippen molar-refractivity contribution in [3.8, 4) is 17.2 Å². The first kappa shape index (κ1) is 26.8. The zero-order valence-electron chi connectivity index (χ0n) is 20.5. The van der Waals surface area contributed by atoms with Gasteiger partial charge in [0.2, 0.25) is 0 Å². The Morgan fingerprint density at radius 3 is 2.58 bits per heavy atom. The zero-order valence-corrected chi connectivity index (χ0v) is 22.2. The molecular weight excluding hydrogens is 542 g/mol. The summed E-state index contributed by atoms with van der Waals surface area (Å²) in [6, 6.07) is 8.28. The first-order valence-corrected chi connectivity index (χ1v) is 14.6. The number of hydrogen-bond acceptors (Lipinski definition) is 10. The lowest BCUT2D eigenvalue weighted by Crippen LogP contribution is -2.43. The molecule has 38 heavy (non-hydrogen) atoms. The molecule has 2 aliphatic heterocycles. The lowest BCUT2D eigenvalue weighted by atomic mass is 9.69. The van der Waals surface area contributed by atoms with Crippen molar-refractivity contribution in [3.05, 3.63) is 69.8 Å². The van der Waals surface area contributed by atoms with Gasteiger partial charge in [-0.2, -0.15) is 4.31 Å². The number of phosphoric acid groups is 2. The molecule has 1 spiro atoms. The van der Waals surface area contributed by atoms with Gasteiger partial charge in [0.25, 0.3) is 5.69 Å². The maximum atomic E-state index is 13.4. The minimum atomic E-state index is -5.33.